The molecule has 0 spiro atoms. The summed E-state index contributed by atoms with van der Waals surface area (Å²) < 4.78 is 1.69. The van der Waals surface area contributed by atoms with Crippen molar-refractivity contribution in [2.45, 2.75) is 6.54 Å². The van der Waals surface area contributed by atoms with Crippen LogP contribution in [-0.2, 0) is 11.3 Å². The van der Waals surface area contributed by atoms with Gasteiger partial charge in [0.05, 0.1) is 28.3 Å². The van der Waals surface area contributed by atoms with Crippen molar-refractivity contribution >= 4 is 51.1 Å². The first-order valence-electron chi connectivity index (χ1n) is 10.7. The molecule has 9 heteroatoms. The topological polar surface area (TPSA) is 120 Å². The Morgan fingerprint density at radius 2 is 1.80 bits per heavy atom. The SMILES string of the molecule is O=Nc1c(-c2c(O)n(Cc3ccc(/C=C/C(=O)NO)cc3)c3c(Cl)cccc23)[nH]c2ccccc12. The minimum absolute atomic E-state index is 0.0480. The van der Waals surface area contributed by atoms with Crippen LogP contribution in [0.3, 0.4) is 0 Å². The number of H-pyrrole nitrogens is 1. The van der Waals surface area contributed by atoms with Gasteiger partial charge in [0.2, 0.25) is 5.88 Å². The first-order chi connectivity index (χ1) is 17.0. The van der Waals surface area contributed by atoms with E-state index in [-0.39, 0.29) is 11.6 Å². The molecule has 5 rings (SSSR count). The zero-order valence-corrected chi connectivity index (χ0v) is 19.0. The second-order valence-corrected chi connectivity index (χ2v) is 8.36. The van der Waals surface area contributed by atoms with Crippen LogP contribution >= 0.6 is 11.6 Å². The first kappa shape index (κ1) is 22.4. The number of halogens is 1. The lowest BCUT2D eigenvalue weighted by Gasteiger charge is -2.09. The number of benzene rings is 3. The van der Waals surface area contributed by atoms with Gasteiger partial charge in [-0.3, -0.25) is 10.0 Å². The van der Waals surface area contributed by atoms with Crippen molar-refractivity contribution in [1.29, 1.82) is 0 Å². The molecule has 0 unspecified atom stereocenters. The van der Waals surface area contributed by atoms with Crippen molar-refractivity contribution in [3.8, 4) is 17.1 Å². The Labute approximate surface area is 204 Å². The average Bonchev–Trinajstić information content (AvgIpc) is 3.38. The molecule has 0 aliphatic carbocycles. The minimum Gasteiger partial charge on any atom is -0.494 e. The van der Waals surface area contributed by atoms with Crippen LogP contribution in [0, 0.1) is 4.91 Å². The van der Waals surface area contributed by atoms with E-state index in [4.69, 9.17) is 16.8 Å². The summed E-state index contributed by atoms with van der Waals surface area (Å²) >= 11 is 6.57. The Bertz CT molecular complexity index is 1620. The number of nitrogens with zero attached hydrogens (tertiary/aromatic N) is 2. The van der Waals surface area contributed by atoms with Crippen LogP contribution in [0.25, 0.3) is 39.1 Å². The molecule has 35 heavy (non-hydrogen) atoms. The number of hydrogen-bond acceptors (Lipinski definition) is 5. The van der Waals surface area contributed by atoms with Crippen molar-refractivity contribution in [3.05, 3.63) is 93.9 Å². The number of nitroso groups, excluding NO2 is 1. The molecule has 0 saturated heterocycles. The molecule has 4 N–H and O–H groups in total. The zero-order chi connectivity index (χ0) is 24.5. The molecular weight excluding hydrogens is 468 g/mol. The number of fused-ring (bicyclic) bond motifs is 2. The number of hydroxylamine groups is 1. The number of carbonyl (C=O) groups is 1. The van der Waals surface area contributed by atoms with Crippen molar-refractivity contribution in [2.75, 3.05) is 0 Å². The number of nitrogens with one attached hydrogen (secondary N) is 2. The second-order valence-electron chi connectivity index (χ2n) is 7.96. The third-order valence-corrected chi connectivity index (χ3v) is 6.19. The van der Waals surface area contributed by atoms with Crippen molar-refractivity contribution < 1.29 is 15.1 Å². The minimum atomic E-state index is -0.624. The highest BCUT2D eigenvalue weighted by Crippen LogP contribution is 2.47. The predicted molar refractivity (Wildman–Crippen MR) is 136 cm³/mol. The van der Waals surface area contributed by atoms with E-state index in [1.54, 1.807) is 34.3 Å². The second kappa shape index (κ2) is 9.09. The van der Waals surface area contributed by atoms with Gasteiger partial charge in [0, 0.05) is 22.4 Å². The largest absolute Gasteiger partial charge is 0.494 e. The molecule has 3 aromatic carbocycles. The summed E-state index contributed by atoms with van der Waals surface area (Å²) in [6.07, 6.45) is 2.78. The lowest BCUT2D eigenvalue weighted by Crippen LogP contribution is -2.14. The van der Waals surface area contributed by atoms with Gasteiger partial charge in [-0.15, -0.1) is 4.91 Å². The van der Waals surface area contributed by atoms with Crippen LogP contribution in [0.5, 0.6) is 5.88 Å². The van der Waals surface area contributed by atoms with Crippen LogP contribution in [0.4, 0.5) is 5.69 Å². The molecular formula is C26H19ClN4O4. The van der Waals surface area contributed by atoms with E-state index in [2.05, 4.69) is 10.2 Å². The van der Waals surface area contributed by atoms with Crippen LogP contribution in [0.2, 0.25) is 5.02 Å². The highest BCUT2D eigenvalue weighted by Gasteiger charge is 2.25. The van der Waals surface area contributed by atoms with E-state index < -0.39 is 5.91 Å². The average molecular weight is 487 g/mol. The Hall–Kier alpha value is -4.40. The van der Waals surface area contributed by atoms with Gasteiger partial charge < -0.3 is 14.7 Å². The number of amides is 1. The smallest absolute Gasteiger partial charge is 0.267 e. The Morgan fingerprint density at radius 1 is 1.06 bits per heavy atom. The van der Waals surface area contributed by atoms with Gasteiger partial charge >= 0.3 is 0 Å². The maximum Gasteiger partial charge on any atom is 0.267 e. The maximum atomic E-state index is 11.8. The summed E-state index contributed by atoms with van der Waals surface area (Å²) in [5.41, 5.74) is 5.63. The molecule has 0 radical (unpaired) electrons. The van der Waals surface area contributed by atoms with Crippen LogP contribution < -0.4 is 5.48 Å². The molecule has 0 saturated carbocycles. The van der Waals surface area contributed by atoms with E-state index >= 15 is 0 Å². The third kappa shape index (κ3) is 3.95. The number of para-hydroxylation sites is 2. The van der Waals surface area contributed by atoms with E-state index in [9.17, 15) is 14.8 Å². The Morgan fingerprint density at radius 3 is 2.54 bits per heavy atom. The van der Waals surface area contributed by atoms with Crippen molar-refractivity contribution in [2.24, 2.45) is 5.18 Å². The fourth-order valence-electron chi connectivity index (χ4n) is 4.28. The van der Waals surface area contributed by atoms with Gasteiger partial charge in [-0.25, -0.2) is 5.48 Å². The Balaban J connectivity index is 1.62. The summed E-state index contributed by atoms with van der Waals surface area (Å²) in [4.78, 5) is 26.2. The monoisotopic (exact) mass is 486 g/mol. The third-order valence-electron chi connectivity index (χ3n) is 5.88. The van der Waals surface area contributed by atoms with Gasteiger partial charge in [0.25, 0.3) is 5.91 Å². The molecule has 174 valence electrons. The number of aromatic amines is 1. The van der Waals surface area contributed by atoms with Gasteiger partial charge in [-0.1, -0.05) is 66.2 Å². The van der Waals surface area contributed by atoms with Crippen molar-refractivity contribution in [1.82, 2.24) is 15.0 Å². The van der Waals surface area contributed by atoms with E-state index in [1.807, 2.05) is 48.5 Å². The molecule has 0 aliphatic heterocycles. The number of aromatic hydroxyl groups is 1. The van der Waals surface area contributed by atoms with Gasteiger partial charge in [0.15, 0.2) is 0 Å². The normalized spacial score (nSPS) is 11.5. The fraction of sp³-hybridized carbons (Fsp3) is 0.0385. The summed E-state index contributed by atoms with van der Waals surface area (Å²) in [5, 5.41) is 25.0. The number of aromatic nitrogens is 2. The molecule has 0 fully saturated rings. The molecule has 1 amide bonds. The van der Waals surface area contributed by atoms with Gasteiger partial charge in [-0.2, -0.15) is 0 Å². The van der Waals surface area contributed by atoms with E-state index in [0.29, 0.717) is 39.1 Å². The predicted octanol–water partition coefficient (Wildman–Crippen LogP) is 6.11. The summed E-state index contributed by atoms with van der Waals surface area (Å²) in [5.74, 6) is -0.672. The van der Waals surface area contributed by atoms with E-state index in [0.717, 1.165) is 16.6 Å². The number of rotatable bonds is 6. The highest BCUT2D eigenvalue weighted by atomic mass is 35.5. The fourth-order valence-corrected chi connectivity index (χ4v) is 4.56. The first-order valence-corrected chi connectivity index (χ1v) is 11.0. The summed E-state index contributed by atoms with van der Waals surface area (Å²) in [6.45, 7) is 0.303. The lowest BCUT2D eigenvalue weighted by atomic mass is 10.1. The Kier molecular flexibility index (Phi) is 5.82. The standard InChI is InChI=1S/C26H19ClN4O4/c27-19-6-3-5-18-22(24-23(30-35)17-4-1-2-7-20(17)28-24)26(33)31(25(18)19)14-16-10-8-15(9-11-16)12-13-21(32)29-34/h1-13,28,33-34H,14H2,(H,29,32)/b13-12+. The van der Waals surface area contributed by atoms with Gasteiger partial charge in [-0.05, 0) is 34.5 Å². The molecule has 2 heterocycles. The molecule has 5 aromatic rings. The van der Waals surface area contributed by atoms with Gasteiger partial charge in [0.1, 0.15) is 5.69 Å². The molecule has 0 atom stereocenters. The highest BCUT2D eigenvalue weighted by molar-refractivity contribution is 6.35. The number of carbonyl (C=O) groups excluding carboxylic acids is 1. The summed E-state index contributed by atoms with van der Waals surface area (Å²) in [7, 11) is 0. The summed E-state index contributed by atoms with van der Waals surface area (Å²) in [6, 6.07) is 20.0. The van der Waals surface area contributed by atoms with E-state index in [1.165, 1.54) is 6.08 Å². The lowest BCUT2D eigenvalue weighted by molar-refractivity contribution is -0.124. The number of hydrogen-bond donors (Lipinski definition) is 4. The van der Waals surface area contributed by atoms with Crippen LogP contribution in [0.15, 0.2) is 78.0 Å². The molecule has 0 bridgehead atoms. The maximum absolute atomic E-state index is 11.8. The van der Waals surface area contributed by atoms with Crippen LogP contribution in [-0.4, -0.2) is 25.8 Å². The molecule has 2 aromatic heterocycles. The molecule has 0 aliphatic rings. The zero-order valence-electron chi connectivity index (χ0n) is 18.2. The van der Waals surface area contributed by atoms with Crippen molar-refractivity contribution in [3.63, 3.8) is 0 Å². The quantitative estimate of drug-likeness (QED) is 0.100. The van der Waals surface area contributed by atoms with Crippen LogP contribution in [0.1, 0.15) is 11.1 Å². The molecule has 8 nitrogen and oxygen atoms in total.